The molecule has 0 saturated heterocycles. The van der Waals surface area contributed by atoms with E-state index < -0.39 is 0 Å². The molecule has 0 amide bonds. The Balaban J connectivity index is 2.70. The molecule has 1 unspecified atom stereocenters. The summed E-state index contributed by atoms with van der Waals surface area (Å²) in [6, 6.07) is 4.66. The van der Waals surface area contributed by atoms with Gasteiger partial charge in [-0.1, -0.05) is 19.1 Å². The van der Waals surface area contributed by atoms with Crippen molar-refractivity contribution in [1.29, 1.82) is 0 Å². The SMILES string of the molecule is CCNC(C)COc1c(C)ccc(C)c1C. The van der Waals surface area contributed by atoms with Crippen LogP contribution in [0.2, 0.25) is 0 Å². The summed E-state index contributed by atoms with van der Waals surface area (Å²) in [5, 5.41) is 3.34. The number of ether oxygens (including phenoxy) is 1. The molecule has 0 fully saturated rings. The maximum absolute atomic E-state index is 5.90. The Morgan fingerprint density at radius 3 is 2.44 bits per heavy atom. The molecule has 0 radical (unpaired) electrons. The van der Waals surface area contributed by atoms with Crippen LogP contribution in [-0.4, -0.2) is 19.2 Å². The summed E-state index contributed by atoms with van der Waals surface area (Å²) < 4.78 is 5.90. The first-order valence-corrected chi connectivity index (χ1v) is 5.99. The molecule has 0 heterocycles. The van der Waals surface area contributed by atoms with Crippen molar-refractivity contribution in [3.63, 3.8) is 0 Å². The fourth-order valence-corrected chi connectivity index (χ4v) is 1.76. The summed E-state index contributed by atoms with van der Waals surface area (Å²) in [6.07, 6.45) is 0. The molecular formula is C14H23NO. The van der Waals surface area contributed by atoms with Crippen LogP contribution in [0.3, 0.4) is 0 Å². The summed E-state index contributed by atoms with van der Waals surface area (Å²) in [5.74, 6) is 1.05. The minimum absolute atomic E-state index is 0.393. The Morgan fingerprint density at radius 1 is 1.19 bits per heavy atom. The van der Waals surface area contributed by atoms with E-state index in [2.05, 4.69) is 52.1 Å². The molecule has 0 aliphatic rings. The van der Waals surface area contributed by atoms with E-state index in [0.29, 0.717) is 6.04 Å². The smallest absolute Gasteiger partial charge is 0.125 e. The molecule has 0 aromatic heterocycles. The van der Waals surface area contributed by atoms with Gasteiger partial charge in [-0.2, -0.15) is 0 Å². The molecule has 0 aliphatic carbocycles. The Labute approximate surface area is 99.0 Å². The molecule has 2 heteroatoms. The van der Waals surface area contributed by atoms with Crippen LogP contribution in [0.5, 0.6) is 5.75 Å². The van der Waals surface area contributed by atoms with Gasteiger partial charge in [0.2, 0.25) is 0 Å². The van der Waals surface area contributed by atoms with E-state index in [0.717, 1.165) is 18.9 Å². The van der Waals surface area contributed by atoms with Crippen molar-refractivity contribution in [2.24, 2.45) is 0 Å². The molecule has 2 nitrogen and oxygen atoms in total. The van der Waals surface area contributed by atoms with Gasteiger partial charge < -0.3 is 10.1 Å². The van der Waals surface area contributed by atoms with Crippen molar-refractivity contribution >= 4 is 0 Å². The normalized spacial score (nSPS) is 12.6. The second-order valence-electron chi connectivity index (χ2n) is 4.42. The molecule has 90 valence electrons. The van der Waals surface area contributed by atoms with Crippen LogP contribution in [0.25, 0.3) is 0 Å². The average molecular weight is 221 g/mol. The van der Waals surface area contributed by atoms with Crippen molar-refractivity contribution in [2.75, 3.05) is 13.2 Å². The van der Waals surface area contributed by atoms with Crippen LogP contribution in [0, 0.1) is 20.8 Å². The average Bonchev–Trinajstić information content (AvgIpc) is 2.24. The minimum Gasteiger partial charge on any atom is -0.491 e. The van der Waals surface area contributed by atoms with Gasteiger partial charge in [-0.05, 0) is 50.9 Å². The summed E-state index contributed by atoms with van der Waals surface area (Å²) in [7, 11) is 0. The van der Waals surface area contributed by atoms with Crippen molar-refractivity contribution in [1.82, 2.24) is 5.32 Å². The van der Waals surface area contributed by atoms with Crippen LogP contribution in [-0.2, 0) is 0 Å². The maximum atomic E-state index is 5.90. The lowest BCUT2D eigenvalue weighted by atomic mass is 10.1. The van der Waals surface area contributed by atoms with Crippen LogP contribution in [0.15, 0.2) is 12.1 Å². The van der Waals surface area contributed by atoms with Gasteiger partial charge in [-0.25, -0.2) is 0 Å². The highest BCUT2D eigenvalue weighted by Crippen LogP contribution is 2.25. The number of benzene rings is 1. The molecule has 0 saturated carbocycles. The van der Waals surface area contributed by atoms with Crippen LogP contribution in [0.4, 0.5) is 0 Å². The second kappa shape index (κ2) is 5.90. The first-order valence-electron chi connectivity index (χ1n) is 5.99. The van der Waals surface area contributed by atoms with E-state index in [9.17, 15) is 0 Å². The number of nitrogens with one attached hydrogen (secondary N) is 1. The maximum Gasteiger partial charge on any atom is 0.125 e. The van der Waals surface area contributed by atoms with Gasteiger partial charge in [0.25, 0.3) is 0 Å². The van der Waals surface area contributed by atoms with Crippen LogP contribution >= 0.6 is 0 Å². The number of hydrogen-bond acceptors (Lipinski definition) is 2. The molecule has 0 bridgehead atoms. The third kappa shape index (κ3) is 3.24. The van der Waals surface area contributed by atoms with Gasteiger partial charge in [0.15, 0.2) is 0 Å². The van der Waals surface area contributed by atoms with Crippen molar-refractivity contribution in [2.45, 2.75) is 40.7 Å². The van der Waals surface area contributed by atoms with E-state index in [-0.39, 0.29) is 0 Å². The van der Waals surface area contributed by atoms with E-state index in [4.69, 9.17) is 4.74 Å². The number of likely N-dealkylation sites (N-methyl/N-ethyl adjacent to an activating group) is 1. The summed E-state index contributed by atoms with van der Waals surface area (Å²) in [4.78, 5) is 0. The number of aryl methyl sites for hydroxylation is 2. The Morgan fingerprint density at radius 2 is 1.81 bits per heavy atom. The second-order valence-corrected chi connectivity index (χ2v) is 4.42. The molecule has 1 rings (SSSR count). The Kier molecular flexibility index (Phi) is 4.81. The molecular weight excluding hydrogens is 198 g/mol. The zero-order valence-electron chi connectivity index (χ0n) is 11.1. The highest BCUT2D eigenvalue weighted by molar-refractivity contribution is 5.44. The summed E-state index contributed by atoms with van der Waals surface area (Å²) in [6.45, 7) is 12.3. The van der Waals surface area contributed by atoms with E-state index in [1.165, 1.54) is 16.7 Å². The predicted octanol–water partition coefficient (Wildman–Crippen LogP) is 2.99. The van der Waals surface area contributed by atoms with Gasteiger partial charge in [0.05, 0.1) is 0 Å². The quantitative estimate of drug-likeness (QED) is 0.825. The fraction of sp³-hybridized carbons (Fsp3) is 0.571. The third-order valence-electron chi connectivity index (χ3n) is 2.90. The lowest BCUT2D eigenvalue weighted by Crippen LogP contribution is -2.31. The highest BCUT2D eigenvalue weighted by Gasteiger charge is 2.08. The Hall–Kier alpha value is -1.02. The molecule has 1 aromatic carbocycles. The molecule has 0 spiro atoms. The summed E-state index contributed by atoms with van der Waals surface area (Å²) in [5.41, 5.74) is 3.76. The fourth-order valence-electron chi connectivity index (χ4n) is 1.76. The van der Waals surface area contributed by atoms with Gasteiger partial charge in [0, 0.05) is 6.04 Å². The lowest BCUT2D eigenvalue weighted by Gasteiger charge is -2.17. The van der Waals surface area contributed by atoms with Gasteiger partial charge in [0.1, 0.15) is 12.4 Å². The summed E-state index contributed by atoms with van der Waals surface area (Å²) >= 11 is 0. The van der Waals surface area contributed by atoms with Crippen molar-refractivity contribution in [3.05, 3.63) is 28.8 Å². The molecule has 1 N–H and O–H groups in total. The molecule has 16 heavy (non-hydrogen) atoms. The number of rotatable bonds is 5. The van der Waals surface area contributed by atoms with E-state index in [1.54, 1.807) is 0 Å². The zero-order chi connectivity index (χ0) is 12.1. The largest absolute Gasteiger partial charge is 0.491 e. The molecule has 1 atom stereocenters. The molecule has 0 aliphatic heterocycles. The highest BCUT2D eigenvalue weighted by atomic mass is 16.5. The molecule has 1 aromatic rings. The van der Waals surface area contributed by atoms with Crippen LogP contribution < -0.4 is 10.1 Å². The van der Waals surface area contributed by atoms with Crippen molar-refractivity contribution < 1.29 is 4.74 Å². The monoisotopic (exact) mass is 221 g/mol. The predicted molar refractivity (Wildman–Crippen MR) is 69.3 cm³/mol. The van der Waals surface area contributed by atoms with E-state index in [1.807, 2.05) is 0 Å². The zero-order valence-corrected chi connectivity index (χ0v) is 11.1. The van der Waals surface area contributed by atoms with Gasteiger partial charge in [-0.15, -0.1) is 0 Å². The van der Waals surface area contributed by atoms with Crippen LogP contribution in [0.1, 0.15) is 30.5 Å². The topological polar surface area (TPSA) is 21.3 Å². The lowest BCUT2D eigenvalue weighted by molar-refractivity contribution is 0.272. The Bertz CT molecular complexity index is 347. The first-order chi connectivity index (χ1) is 7.56. The number of hydrogen-bond donors (Lipinski definition) is 1. The van der Waals surface area contributed by atoms with Gasteiger partial charge in [-0.3, -0.25) is 0 Å². The van der Waals surface area contributed by atoms with Gasteiger partial charge >= 0.3 is 0 Å². The van der Waals surface area contributed by atoms with Crippen molar-refractivity contribution in [3.8, 4) is 5.75 Å². The first kappa shape index (κ1) is 13.0. The third-order valence-corrected chi connectivity index (χ3v) is 2.90. The standard InChI is InChI=1S/C14H23NO/c1-6-15-12(4)9-16-14-11(3)8-7-10(2)13(14)5/h7-8,12,15H,6,9H2,1-5H3. The van der Waals surface area contributed by atoms with E-state index >= 15 is 0 Å². The minimum atomic E-state index is 0.393.